The van der Waals surface area contributed by atoms with Gasteiger partial charge < -0.3 is 0 Å². The Morgan fingerprint density at radius 3 is 1.73 bits per heavy atom. The summed E-state index contributed by atoms with van der Waals surface area (Å²) in [7, 11) is 0. The average Bonchev–Trinajstić information content (AvgIpc) is 2.48. The van der Waals surface area contributed by atoms with E-state index in [1.165, 1.54) is 12.8 Å². The Hall–Kier alpha value is -0.780. The zero-order chi connectivity index (χ0) is 20.7. The zero-order valence-corrected chi connectivity index (χ0v) is 20.0. The Kier molecular flexibility index (Phi) is 10.2. The Balaban J connectivity index is 6.79. The number of rotatable bonds is 8. The summed E-state index contributed by atoms with van der Waals surface area (Å²) >= 11 is 0. The summed E-state index contributed by atoms with van der Waals surface area (Å²) in [4.78, 5) is 0. The fourth-order valence-corrected chi connectivity index (χ4v) is 4.42. The SMILES string of the molecule is CC=CC(=C(C(C)C=CC)C(C(C)C(C)(C)C)C(C)(C)C)C(C)CCC. The molecule has 0 N–H and O–H groups in total. The van der Waals surface area contributed by atoms with E-state index in [4.69, 9.17) is 0 Å². The van der Waals surface area contributed by atoms with Crippen molar-refractivity contribution in [3.8, 4) is 0 Å². The third kappa shape index (κ3) is 7.09. The van der Waals surface area contributed by atoms with Crippen LogP contribution in [0, 0.1) is 34.5 Å². The molecule has 0 saturated carbocycles. The predicted octanol–water partition coefficient (Wildman–Crippen LogP) is 8.85. The fourth-order valence-electron chi connectivity index (χ4n) is 4.42. The quantitative estimate of drug-likeness (QED) is 0.299. The van der Waals surface area contributed by atoms with E-state index in [0.29, 0.717) is 23.7 Å². The summed E-state index contributed by atoms with van der Waals surface area (Å²) in [5.74, 6) is 2.24. The van der Waals surface area contributed by atoms with Crippen LogP contribution in [0.25, 0.3) is 0 Å². The van der Waals surface area contributed by atoms with E-state index in [9.17, 15) is 0 Å². The van der Waals surface area contributed by atoms with Gasteiger partial charge in [0.1, 0.15) is 0 Å². The molecule has 0 radical (unpaired) electrons. The second kappa shape index (κ2) is 10.5. The number of hydrogen-bond acceptors (Lipinski definition) is 0. The second-order valence-corrected chi connectivity index (χ2v) is 10.4. The van der Waals surface area contributed by atoms with Crippen LogP contribution in [0.15, 0.2) is 35.5 Å². The molecule has 4 unspecified atom stereocenters. The third-order valence-electron chi connectivity index (χ3n) is 6.04. The summed E-state index contributed by atoms with van der Waals surface area (Å²) in [6, 6.07) is 0. The topological polar surface area (TPSA) is 0 Å². The normalized spacial score (nSPS) is 19.5. The van der Waals surface area contributed by atoms with E-state index in [1.54, 1.807) is 11.1 Å². The molecule has 0 fully saturated rings. The van der Waals surface area contributed by atoms with Gasteiger partial charge in [0.05, 0.1) is 0 Å². The maximum absolute atomic E-state index is 2.47. The minimum atomic E-state index is 0.233. The van der Waals surface area contributed by atoms with Crippen molar-refractivity contribution in [3.63, 3.8) is 0 Å². The van der Waals surface area contributed by atoms with Crippen molar-refractivity contribution in [3.05, 3.63) is 35.5 Å². The lowest BCUT2D eigenvalue weighted by Gasteiger charge is -2.46. The molecule has 0 aliphatic heterocycles. The first-order chi connectivity index (χ1) is 11.8. The molecular formula is C26H48. The highest BCUT2D eigenvalue weighted by atomic mass is 14.4. The highest BCUT2D eigenvalue weighted by Gasteiger charge is 2.40. The van der Waals surface area contributed by atoms with Crippen LogP contribution in [0.4, 0.5) is 0 Å². The minimum Gasteiger partial charge on any atom is -0.0911 e. The molecule has 0 aromatic rings. The summed E-state index contributed by atoms with van der Waals surface area (Å²) in [5.41, 5.74) is 3.76. The molecule has 0 aliphatic carbocycles. The van der Waals surface area contributed by atoms with Crippen molar-refractivity contribution in [2.45, 2.75) is 95.9 Å². The van der Waals surface area contributed by atoms with E-state index in [-0.39, 0.29) is 10.8 Å². The van der Waals surface area contributed by atoms with Crippen molar-refractivity contribution in [2.75, 3.05) is 0 Å². The van der Waals surface area contributed by atoms with E-state index in [1.807, 2.05) is 0 Å². The van der Waals surface area contributed by atoms with Gasteiger partial charge in [0, 0.05) is 0 Å². The lowest BCUT2D eigenvalue weighted by atomic mass is 9.59. The molecule has 0 rings (SSSR count). The molecule has 0 amide bonds. The molecule has 4 atom stereocenters. The van der Waals surface area contributed by atoms with Crippen LogP contribution in [0.2, 0.25) is 0 Å². The molecule has 0 bridgehead atoms. The Bertz CT molecular complexity index is 487. The highest BCUT2D eigenvalue weighted by molar-refractivity contribution is 5.34. The van der Waals surface area contributed by atoms with Crippen LogP contribution in [-0.2, 0) is 0 Å². The van der Waals surface area contributed by atoms with Crippen molar-refractivity contribution < 1.29 is 0 Å². The molecule has 0 heterocycles. The predicted molar refractivity (Wildman–Crippen MR) is 121 cm³/mol. The largest absolute Gasteiger partial charge is 0.0911 e. The Morgan fingerprint density at radius 1 is 0.846 bits per heavy atom. The minimum absolute atomic E-state index is 0.233. The molecule has 0 saturated heterocycles. The number of hydrogen-bond donors (Lipinski definition) is 0. The molecule has 0 aliphatic rings. The lowest BCUT2D eigenvalue weighted by Crippen LogP contribution is -2.37. The van der Waals surface area contributed by atoms with E-state index in [0.717, 1.165) is 0 Å². The maximum atomic E-state index is 2.47. The van der Waals surface area contributed by atoms with Gasteiger partial charge in [-0.2, -0.15) is 0 Å². The summed E-state index contributed by atoms with van der Waals surface area (Å²) in [6.45, 7) is 28.4. The molecule has 26 heavy (non-hydrogen) atoms. The first kappa shape index (κ1) is 25.2. The molecule has 0 aromatic heterocycles. The van der Waals surface area contributed by atoms with Crippen molar-refractivity contribution >= 4 is 0 Å². The highest BCUT2D eigenvalue weighted by Crippen LogP contribution is 2.49. The monoisotopic (exact) mass is 360 g/mol. The van der Waals surface area contributed by atoms with Gasteiger partial charge in [0.15, 0.2) is 0 Å². The van der Waals surface area contributed by atoms with Crippen LogP contribution >= 0.6 is 0 Å². The molecule has 0 heteroatoms. The van der Waals surface area contributed by atoms with Crippen molar-refractivity contribution in [1.82, 2.24) is 0 Å². The van der Waals surface area contributed by atoms with Gasteiger partial charge in [-0.15, -0.1) is 0 Å². The molecular weight excluding hydrogens is 312 g/mol. The van der Waals surface area contributed by atoms with Crippen molar-refractivity contribution in [1.29, 1.82) is 0 Å². The molecule has 0 nitrogen and oxygen atoms in total. The van der Waals surface area contributed by atoms with Gasteiger partial charge in [-0.3, -0.25) is 0 Å². The third-order valence-corrected chi connectivity index (χ3v) is 6.04. The number of allylic oxidation sites excluding steroid dienone is 6. The lowest BCUT2D eigenvalue weighted by molar-refractivity contribution is 0.105. The van der Waals surface area contributed by atoms with Gasteiger partial charge in [0.25, 0.3) is 0 Å². The van der Waals surface area contributed by atoms with Crippen LogP contribution in [0.3, 0.4) is 0 Å². The van der Waals surface area contributed by atoms with Crippen LogP contribution in [-0.4, -0.2) is 0 Å². The van der Waals surface area contributed by atoms with E-state index in [2.05, 4.69) is 107 Å². The van der Waals surface area contributed by atoms with Crippen LogP contribution in [0.1, 0.15) is 95.9 Å². The smallest absolute Gasteiger partial charge is 0.00427 e. The average molecular weight is 361 g/mol. The molecule has 152 valence electrons. The summed E-state index contributed by atoms with van der Waals surface area (Å²) < 4.78 is 0. The zero-order valence-electron chi connectivity index (χ0n) is 20.0. The standard InChI is InChI=1S/C26H48/c1-13-16-19(4)22(18-15-3)23(20(5)17-14-2)24(26(10,11)12)21(6)25(7,8)9/h14-15,17-21,24H,13,16H2,1-12H3. The van der Waals surface area contributed by atoms with E-state index >= 15 is 0 Å². The first-order valence-electron chi connectivity index (χ1n) is 10.8. The fraction of sp³-hybridized carbons (Fsp3) is 0.769. The van der Waals surface area contributed by atoms with Crippen LogP contribution < -0.4 is 0 Å². The van der Waals surface area contributed by atoms with Crippen molar-refractivity contribution in [2.24, 2.45) is 34.5 Å². The summed E-state index contributed by atoms with van der Waals surface area (Å²) in [6.07, 6.45) is 11.8. The maximum Gasteiger partial charge on any atom is -0.00427 e. The van der Waals surface area contributed by atoms with Crippen LogP contribution in [0.5, 0.6) is 0 Å². The molecule has 0 aromatic carbocycles. The Morgan fingerprint density at radius 2 is 1.38 bits per heavy atom. The van der Waals surface area contributed by atoms with Gasteiger partial charge in [0.2, 0.25) is 0 Å². The first-order valence-corrected chi connectivity index (χ1v) is 10.8. The van der Waals surface area contributed by atoms with Gasteiger partial charge in [-0.25, -0.2) is 0 Å². The van der Waals surface area contributed by atoms with Gasteiger partial charge in [-0.1, -0.05) is 106 Å². The Labute approximate surface area is 166 Å². The summed E-state index contributed by atoms with van der Waals surface area (Å²) in [5, 5.41) is 0. The van der Waals surface area contributed by atoms with Gasteiger partial charge >= 0.3 is 0 Å². The van der Waals surface area contributed by atoms with Gasteiger partial charge in [-0.05, 0) is 60.3 Å². The molecule has 0 spiro atoms. The van der Waals surface area contributed by atoms with E-state index < -0.39 is 0 Å². The second-order valence-electron chi connectivity index (χ2n) is 10.4.